The summed E-state index contributed by atoms with van der Waals surface area (Å²) in [5.41, 5.74) is 0. The van der Waals surface area contributed by atoms with E-state index in [1.165, 1.54) is 57.8 Å². The molecule has 0 spiro atoms. The molecule has 0 fully saturated rings. The average Bonchev–Trinajstić information content (AvgIpc) is 2.53. The minimum atomic E-state index is -0.866. The molecule has 0 aromatic heterocycles. The second kappa shape index (κ2) is 19.7. The van der Waals surface area contributed by atoms with Gasteiger partial charge in [0.1, 0.15) is 13.6 Å². The van der Waals surface area contributed by atoms with E-state index in [1.807, 2.05) is 0 Å². The molecule has 0 aromatic carbocycles. The molecule has 0 rings (SSSR count). The molecule has 0 bridgehead atoms. The highest BCUT2D eigenvalue weighted by Gasteiger charge is 1.96. The lowest BCUT2D eigenvalue weighted by Crippen LogP contribution is -2.08. The normalized spacial score (nSPS) is 11.0. The van der Waals surface area contributed by atoms with Crippen LogP contribution < -0.4 is 0 Å². The molecule has 0 aliphatic rings. The molecule has 0 radical (unpaired) electrons. The monoisotopic (exact) mass is 350 g/mol. The summed E-state index contributed by atoms with van der Waals surface area (Å²) in [6.07, 6.45) is 12.9. The molecular weight excluding hydrogens is 316 g/mol. The Labute approximate surface area is 146 Å². The number of carboxylic acids is 1. The fourth-order valence-electron chi connectivity index (χ4n) is 2.16. The Morgan fingerprint density at radius 2 is 1.17 bits per heavy atom. The molecule has 1 N–H and O–H groups in total. The first-order chi connectivity index (χ1) is 11.3. The van der Waals surface area contributed by atoms with Crippen molar-refractivity contribution in [1.82, 2.24) is 0 Å². The number of ether oxygens (including phenoxy) is 3. The summed E-state index contributed by atoms with van der Waals surface area (Å²) in [6, 6.07) is 0. The van der Waals surface area contributed by atoms with Crippen LogP contribution in [-0.4, -0.2) is 43.6 Å². The van der Waals surface area contributed by atoms with Crippen molar-refractivity contribution in [1.29, 1.82) is 0 Å². The zero-order chi connectivity index (χ0) is 17.0. The minimum absolute atomic E-state index is 0.000122. The molecule has 0 unspecified atom stereocenters. The number of hydrogen-bond donors (Lipinski definition) is 2. The van der Waals surface area contributed by atoms with E-state index in [9.17, 15) is 4.79 Å². The lowest BCUT2D eigenvalue weighted by Gasteiger charge is -2.06. The summed E-state index contributed by atoms with van der Waals surface area (Å²) < 4.78 is 15.4. The Kier molecular flexibility index (Phi) is 19.5. The molecule has 23 heavy (non-hydrogen) atoms. The van der Waals surface area contributed by atoms with Crippen LogP contribution in [0.25, 0.3) is 0 Å². The predicted molar refractivity (Wildman–Crippen MR) is 95.0 cm³/mol. The maximum absolute atomic E-state index is 10.2. The van der Waals surface area contributed by atoms with Crippen LogP contribution in [0.1, 0.15) is 70.6 Å². The third-order valence-electron chi connectivity index (χ3n) is 3.49. The van der Waals surface area contributed by atoms with Crippen LogP contribution in [0.3, 0.4) is 0 Å². The van der Waals surface area contributed by atoms with Crippen LogP contribution in [0.15, 0.2) is 0 Å². The third kappa shape index (κ3) is 21.7. The lowest BCUT2D eigenvalue weighted by atomic mass is 10.1. The zero-order valence-corrected chi connectivity index (χ0v) is 15.2. The second-order valence-corrected chi connectivity index (χ2v) is 6.11. The molecule has 6 heteroatoms. The molecule has 5 nitrogen and oxygen atoms in total. The van der Waals surface area contributed by atoms with Crippen LogP contribution in [0.5, 0.6) is 0 Å². The average molecular weight is 351 g/mol. The zero-order valence-electron chi connectivity index (χ0n) is 14.3. The number of hydrogen-bond acceptors (Lipinski definition) is 5. The summed E-state index contributed by atoms with van der Waals surface area (Å²) >= 11 is 4.21. The van der Waals surface area contributed by atoms with E-state index in [0.717, 1.165) is 12.2 Å². The Morgan fingerprint density at radius 3 is 1.70 bits per heavy atom. The Hall–Kier alpha value is -0.300. The first-order valence-electron chi connectivity index (χ1n) is 8.83. The molecule has 0 heterocycles. The van der Waals surface area contributed by atoms with Crippen LogP contribution in [0.4, 0.5) is 0 Å². The predicted octanol–water partition coefficient (Wildman–Crippen LogP) is 4.26. The van der Waals surface area contributed by atoms with Crippen LogP contribution in [-0.2, 0) is 19.0 Å². The van der Waals surface area contributed by atoms with E-state index < -0.39 is 5.97 Å². The van der Waals surface area contributed by atoms with E-state index >= 15 is 0 Å². The van der Waals surface area contributed by atoms with Gasteiger partial charge in [-0.3, -0.25) is 4.79 Å². The highest BCUT2D eigenvalue weighted by Crippen LogP contribution is 2.10. The molecule has 0 aliphatic heterocycles. The van der Waals surface area contributed by atoms with Crippen LogP contribution in [0, 0.1) is 0 Å². The summed E-state index contributed by atoms with van der Waals surface area (Å²) in [7, 11) is 0. The first kappa shape index (κ1) is 22.7. The maximum atomic E-state index is 10.2. The first-order valence-corrected chi connectivity index (χ1v) is 9.46. The maximum Gasteiger partial charge on any atom is 0.305 e. The van der Waals surface area contributed by atoms with Crippen molar-refractivity contribution in [3.8, 4) is 0 Å². The van der Waals surface area contributed by atoms with Crippen molar-refractivity contribution in [3.63, 3.8) is 0 Å². The smallest absolute Gasteiger partial charge is 0.305 e. The number of rotatable bonds is 19. The van der Waals surface area contributed by atoms with Crippen LogP contribution >= 0.6 is 12.6 Å². The van der Waals surface area contributed by atoms with E-state index in [4.69, 9.17) is 19.3 Å². The fourth-order valence-corrected chi connectivity index (χ4v) is 2.38. The van der Waals surface area contributed by atoms with Gasteiger partial charge in [-0.25, -0.2) is 0 Å². The summed E-state index contributed by atoms with van der Waals surface area (Å²) in [6.45, 7) is 1.17. The Bertz CT molecular complexity index is 251. The van der Waals surface area contributed by atoms with Gasteiger partial charge < -0.3 is 19.3 Å². The SMILES string of the molecule is O=C(O)CCOCOCOCCCCCCCCCCCCS. The standard InChI is InChI=1S/C17H34O5S/c18-17(19)11-13-21-16-22-15-20-12-9-7-5-3-1-2-4-6-8-10-14-23/h23H,1-16H2,(H,18,19). The molecule has 0 aliphatic carbocycles. The van der Waals surface area contributed by atoms with Crippen molar-refractivity contribution < 1.29 is 24.1 Å². The fraction of sp³-hybridized carbons (Fsp3) is 0.941. The van der Waals surface area contributed by atoms with Crippen molar-refractivity contribution in [2.45, 2.75) is 70.6 Å². The van der Waals surface area contributed by atoms with Gasteiger partial charge in [0.15, 0.2) is 0 Å². The highest BCUT2D eigenvalue weighted by molar-refractivity contribution is 7.80. The van der Waals surface area contributed by atoms with E-state index in [2.05, 4.69) is 12.6 Å². The molecule has 138 valence electrons. The van der Waals surface area contributed by atoms with Gasteiger partial charge in [-0.2, -0.15) is 12.6 Å². The number of aliphatic carboxylic acids is 1. The van der Waals surface area contributed by atoms with Gasteiger partial charge in [-0.15, -0.1) is 0 Å². The largest absolute Gasteiger partial charge is 0.481 e. The third-order valence-corrected chi connectivity index (χ3v) is 3.81. The topological polar surface area (TPSA) is 65.0 Å². The van der Waals surface area contributed by atoms with E-state index in [-0.39, 0.29) is 26.6 Å². The van der Waals surface area contributed by atoms with E-state index in [1.54, 1.807) is 0 Å². The van der Waals surface area contributed by atoms with Crippen molar-refractivity contribution in [3.05, 3.63) is 0 Å². The number of thiol groups is 1. The van der Waals surface area contributed by atoms with Gasteiger partial charge in [0.05, 0.1) is 13.0 Å². The molecule has 0 saturated carbocycles. The van der Waals surface area contributed by atoms with Crippen LogP contribution in [0.2, 0.25) is 0 Å². The molecule has 0 amide bonds. The van der Waals surface area contributed by atoms with E-state index in [0.29, 0.717) is 6.61 Å². The summed E-state index contributed by atoms with van der Waals surface area (Å²) in [4.78, 5) is 10.2. The van der Waals surface area contributed by atoms with Gasteiger partial charge >= 0.3 is 5.97 Å². The number of carboxylic acid groups (broad SMARTS) is 1. The van der Waals surface area contributed by atoms with Crippen molar-refractivity contribution in [2.24, 2.45) is 0 Å². The van der Waals surface area contributed by atoms with Crippen molar-refractivity contribution in [2.75, 3.05) is 32.6 Å². The highest BCUT2D eigenvalue weighted by atomic mass is 32.1. The molecular formula is C17H34O5S. The van der Waals surface area contributed by atoms with Gasteiger partial charge in [0.25, 0.3) is 0 Å². The van der Waals surface area contributed by atoms with Crippen molar-refractivity contribution >= 4 is 18.6 Å². The Morgan fingerprint density at radius 1 is 0.696 bits per heavy atom. The lowest BCUT2D eigenvalue weighted by molar-refractivity contribution is -0.145. The number of carbonyl (C=O) groups is 1. The Balaban J connectivity index is 2.96. The van der Waals surface area contributed by atoms with Gasteiger partial charge in [-0.05, 0) is 18.6 Å². The summed E-state index contributed by atoms with van der Waals surface area (Å²) in [5.74, 6) is 0.153. The summed E-state index contributed by atoms with van der Waals surface area (Å²) in [5, 5.41) is 8.40. The van der Waals surface area contributed by atoms with Gasteiger partial charge in [0.2, 0.25) is 0 Å². The molecule has 0 atom stereocenters. The second-order valence-electron chi connectivity index (χ2n) is 5.66. The van der Waals surface area contributed by atoms with Gasteiger partial charge in [0, 0.05) is 6.61 Å². The minimum Gasteiger partial charge on any atom is -0.481 e. The van der Waals surface area contributed by atoms with Gasteiger partial charge in [-0.1, -0.05) is 51.4 Å². The number of unbranched alkanes of at least 4 members (excludes halogenated alkanes) is 9. The molecule has 0 aromatic rings. The quantitative estimate of drug-likeness (QED) is 0.207. The molecule has 0 saturated heterocycles.